The van der Waals surface area contributed by atoms with Gasteiger partial charge in [0.15, 0.2) is 0 Å². The monoisotopic (exact) mass is 179 g/mol. The minimum Gasteiger partial charge on any atom is -0.544 e. The minimum absolute atomic E-state index is 0. The molecule has 8 heteroatoms. The van der Waals surface area contributed by atoms with Crippen molar-refractivity contribution in [2.45, 2.75) is 12.1 Å². The lowest BCUT2D eigenvalue weighted by Crippen LogP contribution is -2.51. The van der Waals surface area contributed by atoms with E-state index in [9.17, 15) is 22.0 Å². The molecule has 0 heterocycles. The molecule has 0 bridgehead atoms. The maximum atomic E-state index is 11.3. The molecular formula is C3H2F5NO2. The van der Waals surface area contributed by atoms with E-state index >= 15 is 0 Å². The van der Waals surface area contributed by atoms with Crippen LogP contribution in [0.5, 0.6) is 0 Å². The molecule has 0 saturated carbocycles. The van der Waals surface area contributed by atoms with Crippen LogP contribution in [-0.2, 0) is 4.79 Å². The van der Waals surface area contributed by atoms with Crippen molar-refractivity contribution in [3.05, 3.63) is 0 Å². The number of hydrogen-bond acceptors (Lipinski definition) is 2. The molecular weight excluding hydrogens is 177 g/mol. The first-order valence-corrected chi connectivity index (χ1v) is 1.85. The van der Waals surface area contributed by atoms with Crippen LogP contribution in [0.3, 0.4) is 0 Å². The summed E-state index contributed by atoms with van der Waals surface area (Å²) in [6.07, 6.45) is -6.08. The van der Waals surface area contributed by atoms with E-state index in [2.05, 4.69) is 0 Å². The molecule has 0 saturated heterocycles. The highest BCUT2D eigenvalue weighted by molar-refractivity contribution is 5.74. The molecule has 0 aliphatic heterocycles. The lowest BCUT2D eigenvalue weighted by Gasteiger charge is -2.19. The molecule has 0 fully saturated rings. The van der Waals surface area contributed by atoms with Crippen LogP contribution in [0.4, 0.5) is 22.0 Å². The van der Waals surface area contributed by atoms with E-state index in [1.165, 1.54) is 0 Å². The third-order valence-corrected chi connectivity index (χ3v) is 0.612. The predicted molar refractivity (Wildman–Crippen MR) is 17.9 cm³/mol. The highest BCUT2D eigenvalue weighted by atomic mass is 19.4. The van der Waals surface area contributed by atoms with Crippen LogP contribution in [0.25, 0.3) is 0 Å². The van der Waals surface area contributed by atoms with Gasteiger partial charge in [0.25, 0.3) is 0 Å². The van der Waals surface area contributed by atoms with Crippen LogP contribution >= 0.6 is 0 Å². The number of carbonyl (C=O) groups excluding carboxylic acids is 1. The zero-order valence-electron chi connectivity index (χ0n) is 4.78. The molecule has 2 N–H and O–H groups in total. The summed E-state index contributed by atoms with van der Waals surface area (Å²) in [5.41, 5.74) is 0. The molecule has 0 atom stereocenters. The van der Waals surface area contributed by atoms with Crippen molar-refractivity contribution in [1.29, 1.82) is 0 Å². The number of nitrogens with two attached hydrogens (primary N) is 1. The molecule has 2 radical (unpaired) electrons. The molecule has 66 valence electrons. The number of carbonyl (C=O) groups is 1. The van der Waals surface area contributed by atoms with Gasteiger partial charge in [-0.1, -0.05) is 0 Å². The van der Waals surface area contributed by atoms with Gasteiger partial charge in [0, 0.05) is 6.15 Å². The Morgan fingerprint density at radius 3 is 1.36 bits per heavy atom. The van der Waals surface area contributed by atoms with Gasteiger partial charge in [-0.15, -0.1) is 0 Å². The quantitative estimate of drug-likeness (QED) is 0.455. The first-order valence-electron chi connectivity index (χ1n) is 1.85. The summed E-state index contributed by atoms with van der Waals surface area (Å²) in [6, 6.07) is 0. The Balaban J connectivity index is 0. The summed E-state index contributed by atoms with van der Waals surface area (Å²) in [4.78, 5) is 9.09. The second-order valence-electron chi connectivity index (χ2n) is 1.36. The van der Waals surface area contributed by atoms with Crippen molar-refractivity contribution in [2.75, 3.05) is 0 Å². The molecule has 0 aliphatic carbocycles. The number of halogens is 5. The highest BCUT2D eigenvalue weighted by Gasteiger charge is 2.58. The van der Waals surface area contributed by atoms with Crippen LogP contribution in [0.15, 0.2) is 0 Å². The summed E-state index contributed by atoms with van der Waals surface area (Å²) in [7, 11) is 0. The largest absolute Gasteiger partial charge is 0.544 e. The van der Waals surface area contributed by atoms with Crippen LogP contribution < -0.4 is 11.3 Å². The lowest BCUT2D eigenvalue weighted by atomic mass is 10.3. The molecule has 0 amide bonds. The lowest BCUT2D eigenvalue weighted by molar-refractivity contribution is -0.363. The number of carboxylic acids is 1. The molecule has 0 aromatic heterocycles. The Labute approximate surface area is 57.4 Å². The van der Waals surface area contributed by atoms with Crippen molar-refractivity contribution in [2.24, 2.45) is 0 Å². The molecule has 3 nitrogen and oxygen atoms in total. The Morgan fingerprint density at radius 2 is 1.36 bits per heavy atom. The minimum atomic E-state index is -6.08. The normalized spacial score (nSPS) is 12.1. The van der Waals surface area contributed by atoms with E-state index in [0.717, 1.165) is 0 Å². The molecule has 0 unspecified atom stereocenters. The number of carboxylic acid groups (broad SMARTS) is 1. The van der Waals surface area contributed by atoms with E-state index < -0.39 is 18.1 Å². The average molecular weight is 179 g/mol. The molecule has 0 aliphatic rings. The third-order valence-electron chi connectivity index (χ3n) is 0.612. The Kier molecular flexibility index (Phi) is 3.46. The van der Waals surface area contributed by atoms with Gasteiger partial charge in [0.05, 0.1) is 0 Å². The van der Waals surface area contributed by atoms with Crippen LogP contribution in [0.2, 0.25) is 0 Å². The Morgan fingerprint density at radius 1 is 1.09 bits per heavy atom. The molecule has 0 spiro atoms. The van der Waals surface area contributed by atoms with Gasteiger partial charge in [0.2, 0.25) is 0 Å². The summed E-state index contributed by atoms with van der Waals surface area (Å²) in [5, 5.41) is 9.09. The van der Waals surface area contributed by atoms with E-state index in [0.29, 0.717) is 0 Å². The Bertz CT molecular complexity index is 152. The fraction of sp³-hybridized carbons (Fsp3) is 0.667. The van der Waals surface area contributed by atoms with Crippen molar-refractivity contribution < 1.29 is 38.0 Å². The molecule has 0 rings (SSSR count). The zero-order chi connectivity index (χ0) is 8.58. The topological polar surface area (TPSA) is 73.6 Å². The zero-order valence-corrected chi connectivity index (χ0v) is 4.78. The van der Waals surface area contributed by atoms with Crippen molar-refractivity contribution in [3.8, 4) is 0 Å². The summed E-state index contributed by atoms with van der Waals surface area (Å²) in [6.45, 7) is 0. The highest BCUT2D eigenvalue weighted by Crippen LogP contribution is 2.34. The molecule has 11 heavy (non-hydrogen) atoms. The molecule has 0 aromatic carbocycles. The Hall–Kier alpha value is -0.920. The van der Waals surface area contributed by atoms with E-state index in [1.54, 1.807) is 0 Å². The maximum Gasteiger partial charge on any atom is 0.459 e. The fourth-order valence-corrected chi connectivity index (χ4v) is 0.116. The summed E-state index contributed by atoms with van der Waals surface area (Å²) in [5.74, 6) is -9.20. The van der Waals surface area contributed by atoms with Crippen LogP contribution in [-0.4, -0.2) is 18.1 Å². The van der Waals surface area contributed by atoms with Crippen LogP contribution in [0.1, 0.15) is 0 Å². The summed E-state index contributed by atoms with van der Waals surface area (Å²) < 4.78 is 55.3. The smallest absolute Gasteiger partial charge is 0.459 e. The number of alkyl halides is 5. The SMILES string of the molecule is O=C([O-])C(F)(F)C(F)(F)F.[NH2+]. The van der Waals surface area contributed by atoms with E-state index in [4.69, 9.17) is 9.90 Å². The van der Waals surface area contributed by atoms with Gasteiger partial charge in [-0.25, -0.2) is 0 Å². The van der Waals surface area contributed by atoms with Crippen LogP contribution in [0, 0.1) is 0 Å². The maximum absolute atomic E-state index is 11.3. The van der Waals surface area contributed by atoms with E-state index in [1.807, 2.05) is 0 Å². The number of aliphatic carboxylic acids is 1. The predicted octanol–water partition coefficient (Wildman–Crippen LogP) is -1.59. The van der Waals surface area contributed by atoms with Crippen molar-refractivity contribution in [3.63, 3.8) is 0 Å². The average Bonchev–Trinajstić information content (AvgIpc) is 1.62. The molecule has 0 aromatic rings. The van der Waals surface area contributed by atoms with Crippen molar-refractivity contribution >= 4 is 5.97 Å². The number of hydrogen-bond donors (Lipinski definition) is 0. The van der Waals surface area contributed by atoms with Gasteiger partial charge in [0.1, 0.15) is 5.97 Å². The van der Waals surface area contributed by atoms with Crippen molar-refractivity contribution in [1.82, 2.24) is 0 Å². The standard InChI is InChI=1S/C3HF5O2.H2N/c4-2(5,1(9)10)3(6,7)8;/h(H,9,10);1H2/q;+1/p-1. The first kappa shape index (κ1) is 12.7. The van der Waals surface area contributed by atoms with Gasteiger partial charge in [-0.05, 0) is 0 Å². The second kappa shape index (κ2) is 2.99. The van der Waals surface area contributed by atoms with E-state index in [-0.39, 0.29) is 6.15 Å². The van der Waals surface area contributed by atoms with Gasteiger partial charge in [-0.3, -0.25) is 0 Å². The number of rotatable bonds is 1. The van der Waals surface area contributed by atoms with Gasteiger partial charge in [-0.2, -0.15) is 22.0 Å². The first-order chi connectivity index (χ1) is 4.19. The van der Waals surface area contributed by atoms with Gasteiger partial charge < -0.3 is 9.90 Å². The second-order valence-corrected chi connectivity index (χ2v) is 1.36. The van der Waals surface area contributed by atoms with Gasteiger partial charge >= 0.3 is 12.1 Å². The summed E-state index contributed by atoms with van der Waals surface area (Å²) >= 11 is 0. The third kappa shape index (κ3) is 2.30. The fourth-order valence-electron chi connectivity index (χ4n) is 0.116.